The molecule has 0 aliphatic carbocycles. The summed E-state index contributed by atoms with van der Waals surface area (Å²) in [6.45, 7) is 4.98. The molecule has 0 saturated heterocycles. The molecule has 0 radical (unpaired) electrons. The zero-order chi connectivity index (χ0) is 15.5. The minimum Gasteiger partial charge on any atom is -0.310 e. The van der Waals surface area contributed by atoms with E-state index in [1.807, 2.05) is 13.8 Å². The molecular weight excluding hydrogens is 290 g/mol. The fourth-order valence-corrected chi connectivity index (χ4v) is 2.90. The van der Waals surface area contributed by atoms with Crippen LogP contribution in [0.4, 0.5) is 8.78 Å². The van der Waals surface area contributed by atoms with Crippen LogP contribution < -0.4 is 5.32 Å². The Morgan fingerprint density at radius 1 is 1.40 bits per heavy atom. The maximum atomic E-state index is 12.3. The zero-order valence-electron chi connectivity index (χ0n) is 11.9. The van der Waals surface area contributed by atoms with E-state index in [4.69, 9.17) is 0 Å². The normalized spacial score (nSPS) is 12.8. The smallest absolute Gasteiger partial charge is 0.262 e. The first-order valence-electron chi connectivity index (χ1n) is 6.18. The zero-order valence-corrected chi connectivity index (χ0v) is 12.8. The number of rotatable bonds is 7. The van der Waals surface area contributed by atoms with Crippen LogP contribution in [0.5, 0.6) is 0 Å². The Labute approximate surface area is 117 Å². The molecule has 0 aliphatic rings. The van der Waals surface area contributed by atoms with Crippen LogP contribution in [-0.2, 0) is 16.6 Å². The van der Waals surface area contributed by atoms with Crippen LogP contribution in [0, 0.1) is 6.92 Å². The molecule has 0 amide bonds. The van der Waals surface area contributed by atoms with E-state index in [2.05, 4.69) is 15.5 Å². The van der Waals surface area contributed by atoms with E-state index < -0.39 is 23.0 Å². The van der Waals surface area contributed by atoms with Gasteiger partial charge in [-0.25, -0.2) is 17.2 Å². The first-order chi connectivity index (χ1) is 9.16. The highest BCUT2D eigenvalue weighted by Crippen LogP contribution is 2.20. The lowest BCUT2D eigenvalue weighted by Gasteiger charge is -2.16. The molecule has 0 atom stereocenters. The van der Waals surface area contributed by atoms with Crippen molar-refractivity contribution in [2.45, 2.75) is 44.8 Å². The summed E-state index contributed by atoms with van der Waals surface area (Å²) >= 11 is 0. The molecule has 1 aromatic rings. The number of hydrogen-bond acceptors (Lipinski definition) is 4. The van der Waals surface area contributed by atoms with Gasteiger partial charge in [0.15, 0.2) is 5.03 Å². The van der Waals surface area contributed by atoms with Gasteiger partial charge in [0.1, 0.15) is 0 Å². The van der Waals surface area contributed by atoms with Crippen LogP contribution in [0.2, 0.25) is 0 Å². The van der Waals surface area contributed by atoms with Gasteiger partial charge in [-0.15, -0.1) is 0 Å². The summed E-state index contributed by atoms with van der Waals surface area (Å²) in [4.78, 5) is 0. The molecule has 0 fully saturated rings. The van der Waals surface area contributed by atoms with Crippen molar-refractivity contribution in [1.29, 1.82) is 0 Å². The third-order valence-corrected chi connectivity index (χ3v) is 4.57. The van der Waals surface area contributed by atoms with Gasteiger partial charge < -0.3 is 5.32 Å². The Hall–Kier alpha value is -1.06. The molecule has 1 heterocycles. The van der Waals surface area contributed by atoms with Crippen LogP contribution in [0.15, 0.2) is 5.03 Å². The molecule has 0 aliphatic heterocycles. The van der Waals surface area contributed by atoms with E-state index in [0.717, 1.165) is 7.05 Å². The molecule has 0 saturated carbocycles. The average Bonchev–Trinajstić information content (AvgIpc) is 2.67. The van der Waals surface area contributed by atoms with E-state index in [1.165, 1.54) is 0 Å². The first-order valence-corrected chi connectivity index (χ1v) is 7.62. The average molecular weight is 310 g/mol. The standard InChI is InChI=1S/C11H20F2N4O2S/c1-7(2)14-5-9-8(3)15-16-11(9)20(18,19)17(4)6-10(12)13/h7,10,14H,5-6H2,1-4H3,(H,15,16). The number of H-pyrrole nitrogens is 1. The van der Waals surface area contributed by atoms with E-state index in [9.17, 15) is 17.2 Å². The van der Waals surface area contributed by atoms with Gasteiger partial charge >= 0.3 is 0 Å². The van der Waals surface area contributed by atoms with Crippen molar-refractivity contribution in [3.8, 4) is 0 Å². The molecule has 1 rings (SSSR count). The van der Waals surface area contributed by atoms with Crippen LogP contribution in [-0.4, -0.2) is 49.0 Å². The number of aryl methyl sites for hydroxylation is 1. The Kier molecular flexibility index (Phi) is 5.60. The summed E-state index contributed by atoms with van der Waals surface area (Å²) in [5.41, 5.74) is 1.07. The molecule has 0 spiro atoms. The second-order valence-electron chi connectivity index (χ2n) is 4.84. The van der Waals surface area contributed by atoms with Gasteiger partial charge in [-0.3, -0.25) is 5.10 Å². The number of halogens is 2. The molecule has 6 nitrogen and oxygen atoms in total. The number of alkyl halides is 2. The number of aromatic amines is 1. The van der Waals surface area contributed by atoms with Gasteiger partial charge in [-0.05, 0) is 6.92 Å². The van der Waals surface area contributed by atoms with Gasteiger partial charge in [-0.2, -0.15) is 9.40 Å². The topological polar surface area (TPSA) is 78.1 Å². The summed E-state index contributed by atoms with van der Waals surface area (Å²) in [5.74, 6) is 0. The molecular formula is C11H20F2N4O2S. The number of aromatic nitrogens is 2. The van der Waals surface area contributed by atoms with E-state index in [0.29, 0.717) is 22.1 Å². The predicted molar refractivity (Wildman–Crippen MR) is 71.1 cm³/mol. The summed E-state index contributed by atoms with van der Waals surface area (Å²) in [7, 11) is -2.90. The summed E-state index contributed by atoms with van der Waals surface area (Å²) in [6.07, 6.45) is -2.73. The van der Waals surface area contributed by atoms with Gasteiger partial charge in [0.05, 0.1) is 6.54 Å². The number of nitrogens with zero attached hydrogens (tertiary/aromatic N) is 2. The van der Waals surface area contributed by atoms with Crippen molar-refractivity contribution < 1.29 is 17.2 Å². The maximum absolute atomic E-state index is 12.3. The fourth-order valence-electron chi connectivity index (χ4n) is 1.60. The van der Waals surface area contributed by atoms with E-state index in [1.54, 1.807) is 6.92 Å². The maximum Gasteiger partial charge on any atom is 0.262 e. The molecule has 0 aromatic carbocycles. The first kappa shape index (κ1) is 17.0. The molecule has 20 heavy (non-hydrogen) atoms. The quantitative estimate of drug-likeness (QED) is 0.790. The minimum atomic E-state index is -4.02. The van der Waals surface area contributed by atoms with Crippen LogP contribution >= 0.6 is 0 Å². The molecule has 2 N–H and O–H groups in total. The molecule has 1 aromatic heterocycles. The Morgan fingerprint density at radius 3 is 2.50 bits per heavy atom. The van der Waals surface area contributed by atoms with Gasteiger partial charge in [0.25, 0.3) is 16.4 Å². The van der Waals surface area contributed by atoms with E-state index in [-0.39, 0.29) is 11.1 Å². The lowest BCUT2D eigenvalue weighted by molar-refractivity contribution is 0.126. The molecule has 9 heteroatoms. The highest BCUT2D eigenvalue weighted by molar-refractivity contribution is 7.89. The second kappa shape index (κ2) is 6.59. The van der Waals surface area contributed by atoms with Crippen molar-refractivity contribution in [1.82, 2.24) is 19.8 Å². The van der Waals surface area contributed by atoms with Crippen LogP contribution in [0.1, 0.15) is 25.1 Å². The van der Waals surface area contributed by atoms with Crippen LogP contribution in [0.25, 0.3) is 0 Å². The lowest BCUT2D eigenvalue weighted by atomic mass is 10.2. The lowest BCUT2D eigenvalue weighted by Crippen LogP contribution is -2.33. The van der Waals surface area contributed by atoms with Gasteiger partial charge in [0, 0.05) is 30.9 Å². The Bertz CT molecular complexity index is 543. The predicted octanol–water partition coefficient (Wildman–Crippen LogP) is 1.10. The van der Waals surface area contributed by atoms with Crippen molar-refractivity contribution in [3.05, 3.63) is 11.3 Å². The minimum absolute atomic E-state index is 0.165. The van der Waals surface area contributed by atoms with Crippen LogP contribution in [0.3, 0.4) is 0 Å². The summed E-state index contributed by atoms with van der Waals surface area (Å²) in [6, 6.07) is 0.165. The third-order valence-electron chi connectivity index (χ3n) is 2.77. The highest BCUT2D eigenvalue weighted by Gasteiger charge is 2.29. The Morgan fingerprint density at radius 2 is 2.00 bits per heavy atom. The summed E-state index contributed by atoms with van der Waals surface area (Å²) < 4.78 is 49.8. The highest BCUT2D eigenvalue weighted by atomic mass is 32.2. The third kappa shape index (κ3) is 3.97. The fraction of sp³-hybridized carbons (Fsp3) is 0.727. The number of hydrogen-bond donors (Lipinski definition) is 2. The number of nitrogens with one attached hydrogen (secondary N) is 2. The SMILES string of the molecule is Cc1[nH]nc(S(=O)(=O)N(C)CC(F)F)c1CNC(C)C. The van der Waals surface area contributed by atoms with Crippen molar-refractivity contribution in [3.63, 3.8) is 0 Å². The van der Waals surface area contributed by atoms with Crippen molar-refractivity contribution in [2.75, 3.05) is 13.6 Å². The van der Waals surface area contributed by atoms with Crippen molar-refractivity contribution >= 4 is 10.0 Å². The summed E-state index contributed by atoms with van der Waals surface area (Å²) in [5, 5.41) is 9.23. The largest absolute Gasteiger partial charge is 0.310 e. The van der Waals surface area contributed by atoms with Gasteiger partial charge in [-0.1, -0.05) is 13.8 Å². The molecule has 0 bridgehead atoms. The second-order valence-corrected chi connectivity index (χ2v) is 6.80. The number of sulfonamides is 1. The monoisotopic (exact) mass is 310 g/mol. The Balaban J connectivity index is 3.06. The van der Waals surface area contributed by atoms with E-state index >= 15 is 0 Å². The molecule has 116 valence electrons. The van der Waals surface area contributed by atoms with Crippen molar-refractivity contribution in [2.24, 2.45) is 0 Å². The molecule has 0 unspecified atom stereocenters. The van der Waals surface area contributed by atoms with Gasteiger partial charge in [0.2, 0.25) is 0 Å².